The van der Waals surface area contributed by atoms with E-state index in [1.165, 1.54) is 9.21 Å². The van der Waals surface area contributed by atoms with Gasteiger partial charge in [0.1, 0.15) is 6.04 Å². The lowest BCUT2D eigenvalue weighted by Gasteiger charge is -2.34. The number of sulfonamides is 1. The second kappa shape index (κ2) is 14.8. The van der Waals surface area contributed by atoms with Gasteiger partial charge in [-0.15, -0.1) is 0 Å². The normalized spacial score (nSPS) is 12.5. The number of benzene rings is 3. The topological polar surface area (TPSA) is 86.8 Å². The highest BCUT2D eigenvalue weighted by Gasteiger charge is 2.33. The molecule has 0 saturated carbocycles. The van der Waals surface area contributed by atoms with Gasteiger partial charge in [0, 0.05) is 52.1 Å². The fourth-order valence-electron chi connectivity index (χ4n) is 4.71. The first-order chi connectivity index (χ1) is 20.1. The largest absolute Gasteiger partial charge is 0.350 e. The summed E-state index contributed by atoms with van der Waals surface area (Å²) in [6.45, 7) is 7.41. The van der Waals surface area contributed by atoms with Crippen LogP contribution in [-0.2, 0) is 32.6 Å². The molecule has 0 aliphatic carbocycles. The summed E-state index contributed by atoms with van der Waals surface area (Å²) in [7, 11) is -3.68. The zero-order chi connectivity index (χ0) is 31.9. The Hall–Kier alpha value is -2.78. The van der Waals surface area contributed by atoms with Crippen LogP contribution >= 0.6 is 34.8 Å². The number of rotatable bonds is 12. The van der Waals surface area contributed by atoms with E-state index in [-0.39, 0.29) is 44.2 Å². The molecule has 0 fully saturated rings. The van der Waals surface area contributed by atoms with Gasteiger partial charge in [-0.1, -0.05) is 77.3 Å². The van der Waals surface area contributed by atoms with Crippen molar-refractivity contribution in [2.24, 2.45) is 0 Å². The number of anilines is 1. The minimum atomic E-state index is -3.68. The van der Waals surface area contributed by atoms with Crippen LogP contribution in [0.5, 0.6) is 0 Å². The second-order valence-corrected chi connectivity index (χ2v) is 14.6. The van der Waals surface area contributed by atoms with Crippen LogP contribution in [0.15, 0.2) is 66.7 Å². The van der Waals surface area contributed by atoms with E-state index in [0.29, 0.717) is 31.9 Å². The molecule has 3 aromatic carbocycles. The second-order valence-electron chi connectivity index (χ2n) is 11.5. The molecule has 0 aliphatic heterocycles. The van der Waals surface area contributed by atoms with Crippen LogP contribution in [0.4, 0.5) is 5.69 Å². The average Bonchev–Trinajstić information content (AvgIpc) is 2.91. The fraction of sp³-hybridized carbons (Fsp3) is 0.375. The van der Waals surface area contributed by atoms with Crippen molar-refractivity contribution in [2.75, 3.05) is 17.1 Å². The van der Waals surface area contributed by atoms with Gasteiger partial charge in [0.25, 0.3) is 0 Å². The zero-order valence-corrected chi connectivity index (χ0v) is 28.1. The van der Waals surface area contributed by atoms with Gasteiger partial charge in [-0.05, 0) is 69.5 Å². The van der Waals surface area contributed by atoms with Crippen molar-refractivity contribution in [3.63, 3.8) is 0 Å². The quantitative estimate of drug-likeness (QED) is 0.224. The van der Waals surface area contributed by atoms with Gasteiger partial charge in [-0.2, -0.15) is 0 Å². The van der Waals surface area contributed by atoms with Crippen LogP contribution in [0, 0.1) is 6.92 Å². The molecule has 1 N–H and O–H groups in total. The number of carbonyl (C=O) groups excluding carboxylic acids is 2. The van der Waals surface area contributed by atoms with Crippen LogP contribution in [0.2, 0.25) is 15.1 Å². The Balaban J connectivity index is 1.97. The van der Waals surface area contributed by atoms with E-state index in [2.05, 4.69) is 5.32 Å². The summed E-state index contributed by atoms with van der Waals surface area (Å²) in [6.07, 6.45) is 1.55. The SMILES string of the molecule is Cc1c(Cl)cccc1N(CCCC(=O)N(Cc1c(Cl)cccc1Cl)C(Cc1ccccc1)C(=O)NC(C)(C)C)S(C)(=O)=O. The molecule has 11 heteroatoms. The Kier molecular flexibility index (Phi) is 11.9. The van der Waals surface area contributed by atoms with Gasteiger partial charge in [0.05, 0.1) is 11.9 Å². The van der Waals surface area contributed by atoms with Gasteiger partial charge in [-0.25, -0.2) is 8.42 Å². The molecule has 0 aliphatic rings. The maximum atomic E-state index is 14.0. The average molecular weight is 667 g/mol. The molecule has 2 amide bonds. The number of nitrogens with zero attached hydrogens (tertiary/aromatic N) is 2. The van der Waals surface area contributed by atoms with Crippen LogP contribution < -0.4 is 9.62 Å². The lowest BCUT2D eigenvalue weighted by Crippen LogP contribution is -2.54. The van der Waals surface area contributed by atoms with E-state index in [0.717, 1.165) is 11.8 Å². The highest BCUT2D eigenvalue weighted by Crippen LogP contribution is 2.30. The van der Waals surface area contributed by atoms with Gasteiger partial charge < -0.3 is 10.2 Å². The Morgan fingerprint density at radius 3 is 2.05 bits per heavy atom. The van der Waals surface area contributed by atoms with Gasteiger partial charge in [0.2, 0.25) is 21.8 Å². The molecule has 3 aromatic rings. The highest BCUT2D eigenvalue weighted by molar-refractivity contribution is 7.92. The summed E-state index contributed by atoms with van der Waals surface area (Å²) in [5, 5.41) is 4.21. The lowest BCUT2D eigenvalue weighted by molar-refractivity contribution is -0.142. The third kappa shape index (κ3) is 9.86. The molecule has 0 aromatic heterocycles. The molecule has 0 bridgehead atoms. The maximum absolute atomic E-state index is 14.0. The Labute approximate surface area is 270 Å². The molecular weight excluding hydrogens is 629 g/mol. The standard InChI is InChI=1S/C32H38Cl3N3O4S/c1-22-25(33)14-10-17-28(22)38(43(5,41)42)19-11-18-30(39)37(21-24-26(34)15-9-16-27(24)35)29(31(40)36-32(2,3)4)20-23-12-7-6-8-13-23/h6-10,12-17,29H,11,18-21H2,1-5H3,(H,36,40). The molecule has 0 saturated heterocycles. The summed E-state index contributed by atoms with van der Waals surface area (Å²) in [4.78, 5) is 29.3. The summed E-state index contributed by atoms with van der Waals surface area (Å²) in [6, 6.07) is 18.7. The number of hydrogen-bond donors (Lipinski definition) is 1. The molecule has 1 atom stereocenters. The lowest BCUT2D eigenvalue weighted by atomic mass is 10.00. The number of carbonyl (C=O) groups is 2. The Morgan fingerprint density at radius 1 is 0.884 bits per heavy atom. The first-order valence-electron chi connectivity index (χ1n) is 13.9. The van der Waals surface area contributed by atoms with Crippen molar-refractivity contribution in [1.29, 1.82) is 0 Å². The highest BCUT2D eigenvalue weighted by atomic mass is 35.5. The van der Waals surface area contributed by atoms with E-state index < -0.39 is 21.6 Å². The van der Waals surface area contributed by atoms with Crippen molar-refractivity contribution in [3.05, 3.63) is 98.5 Å². The molecule has 0 radical (unpaired) electrons. The molecule has 43 heavy (non-hydrogen) atoms. The van der Waals surface area contributed by atoms with Crippen LogP contribution in [0.1, 0.15) is 50.3 Å². The third-order valence-electron chi connectivity index (χ3n) is 6.82. The van der Waals surface area contributed by atoms with Crippen molar-refractivity contribution in [3.8, 4) is 0 Å². The molecule has 232 valence electrons. The van der Waals surface area contributed by atoms with Gasteiger partial charge in [-0.3, -0.25) is 13.9 Å². The van der Waals surface area contributed by atoms with E-state index >= 15 is 0 Å². The molecule has 0 spiro atoms. The predicted molar refractivity (Wildman–Crippen MR) is 176 cm³/mol. The monoisotopic (exact) mass is 665 g/mol. The number of nitrogens with one attached hydrogen (secondary N) is 1. The summed E-state index contributed by atoms with van der Waals surface area (Å²) >= 11 is 19.3. The summed E-state index contributed by atoms with van der Waals surface area (Å²) in [5.41, 5.74) is 1.92. The zero-order valence-electron chi connectivity index (χ0n) is 25.0. The number of hydrogen-bond acceptors (Lipinski definition) is 4. The van der Waals surface area contributed by atoms with Gasteiger partial charge >= 0.3 is 0 Å². The smallest absolute Gasteiger partial charge is 0.243 e. The minimum absolute atomic E-state index is 0.00437. The van der Waals surface area contributed by atoms with Crippen LogP contribution in [0.3, 0.4) is 0 Å². The molecule has 3 rings (SSSR count). The van der Waals surface area contributed by atoms with Crippen LogP contribution in [-0.4, -0.2) is 49.5 Å². The molecule has 0 heterocycles. The predicted octanol–water partition coefficient (Wildman–Crippen LogP) is 7.06. The Bertz CT molecular complexity index is 1520. The Morgan fingerprint density at radius 2 is 1.47 bits per heavy atom. The van der Waals surface area contributed by atoms with E-state index in [1.54, 1.807) is 43.3 Å². The van der Waals surface area contributed by atoms with Crippen molar-refractivity contribution in [2.45, 2.75) is 65.1 Å². The summed E-state index contributed by atoms with van der Waals surface area (Å²) in [5.74, 6) is -0.655. The fourth-order valence-corrected chi connectivity index (χ4v) is 6.41. The third-order valence-corrected chi connectivity index (χ3v) is 9.12. The van der Waals surface area contributed by atoms with Gasteiger partial charge in [0.15, 0.2) is 0 Å². The van der Waals surface area contributed by atoms with Crippen molar-refractivity contribution >= 4 is 62.3 Å². The molecule has 7 nitrogen and oxygen atoms in total. The minimum Gasteiger partial charge on any atom is -0.350 e. The molecule has 1 unspecified atom stereocenters. The van der Waals surface area contributed by atoms with E-state index in [9.17, 15) is 18.0 Å². The maximum Gasteiger partial charge on any atom is 0.243 e. The van der Waals surface area contributed by atoms with Crippen LogP contribution in [0.25, 0.3) is 0 Å². The van der Waals surface area contributed by atoms with E-state index in [1.807, 2.05) is 51.1 Å². The number of halogens is 3. The first kappa shape index (κ1) is 34.7. The van der Waals surface area contributed by atoms with Crippen molar-refractivity contribution < 1.29 is 18.0 Å². The molecular formula is C32H38Cl3N3O4S. The summed E-state index contributed by atoms with van der Waals surface area (Å²) < 4.78 is 26.8. The number of amides is 2. The van der Waals surface area contributed by atoms with E-state index in [4.69, 9.17) is 34.8 Å². The van der Waals surface area contributed by atoms with Crippen molar-refractivity contribution in [1.82, 2.24) is 10.2 Å². The first-order valence-corrected chi connectivity index (χ1v) is 16.9.